The quantitative estimate of drug-likeness (QED) is 0.435. The molecule has 0 aliphatic carbocycles. The highest BCUT2D eigenvalue weighted by Gasteiger charge is 2.31. The average molecular weight is 428 g/mol. The lowest BCUT2D eigenvalue weighted by molar-refractivity contribution is -0.142. The van der Waals surface area contributed by atoms with E-state index >= 15 is 0 Å². The SMILES string of the molecule is CN=C(NCCCC(=O)N1CCc2ccccc21)N1CCN(C(=O)C2CCCO2)CC1. The molecule has 3 aliphatic heterocycles. The minimum absolute atomic E-state index is 0.127. The summed E-state index contributed by atoms with van der Waals surface area (Å²) in [5, 5.41) is 3.38. The van der Waals surface area contributed by atoms with E-state index in [9.17, 15) is 9.59 Å². The molecule has 4 rings (SSSR count). The largest absolute Gasteiger partial charge is 0.368 e. The molecular formula is C23H33N5O3. The summed E-state index contributed by atoms with van der Waals surface area (Å²) in [5.41, 5.74) is 2.32. The molecule has 0 radical (unpaired) electrons. The van der Waals surface area contributed by atoms with Crippen LogP contribution in [-0.4, -0.2) is 86.6 Å². The Morgan fingerprint density at radius 2 is 1.90 bits per heavy atom. The van der Waals surface area contributed by atoms with Crippen LogP contribution < -0.4 is 10.2 Å². The number of nitrogens with zero attached hydrogens (tertiary/aromatic N) is 4. The molecule has 31 heavy (non-hydrogen) atoms. The van der Waals surface area contributed by atoms with E-state index in [4.69, 9.17) is 4.74 Å². The third-order valence-corrected chi connectivity index (χ3v) is 6.35. The van der Waals surface area contributed by atoms with E-state index in [0.717, 1.165) is 57.0 Å². The van der Waals surface area contributed by atoms with Gasteiger partial charge >= 0.3 is 0 Å². The number of hydrogen-bond acceptors (Lipinski definition) is 4. The fourth-order valence-corrected chi connectivity index (χ4v) is 4.62. The molecule has 2 amide bonds. The molecule has 168 valence electrons. The first-order chi connectivity index (χ1) is 15.2. The average Bonchev–Trinajstić information content (AvgIpc) is 3.49. The first-order valence-electron chi connectivity index (χ1n) is 11.4. The predicted molar refractivity (Wildman–Crippen MR) is 120 cm³/mol. The number of guanidine groups is 1. The lowest BCUT2D eigenvalue weighted by atomic mass is 10.2. The van der Waals surface area contributed by atoms with E-state index in [1.54, 1.807) is 7.05 Å². The summed E-state index contributed by atoms with van der Waals surface area (Å²) in [5.74, 6) is 1.15. The van der Waals surface area contributed by atoms with E-state index < -0.39 is 0 Å². The van der Waals surface area contributed by atoms with Crippen molar-refractivity contribution >= 4 is 23.5 Å². The summed E-state index contributed by atoms with van der Waals surface area (Å²) >= 11 is 0. The summed E-state index contributed by atoms with van der Waals surface area (Å²) in [6, 6.07) is 8.15. The highest BCUT2D eigenvalue weighted by atomic mass is 16.5. The van der Waals surface area contributed by atoms with Gasteiger partial charge in [-0.25, -0.2) is 0 Å². The first-order valence-corrected chi connectivity index (χ1v) is 11.4. The molecule has 2 saturated heterocycles. The first kappa shape index (κ1) is 21.6. The summed E-state index contributed by atoms with van der Waals surface area (Å²) < 4.78 is 5.53. The highest BCUT2D eigenvalue weighted by Crippen LogP contribution is 2.28. The molecule has 0 bridgehead atoms. The molecule has 3 aliphatic rings. The van der Waals surface area contributed by atoms with E-state index in [2.05, 4.69) is 21.3 Å². The maximum Gasteiger partial charge on any atom is 0.251 e. The minimum Gasteiger partial charge on any atom is -0.368 e. The van der Waals surface area contributed by atoms with Crippen molar-refractivity contribution in [3.63, 3.8) is 0 Å². The van der Waals surface area contributed by atoms with E-state index in [1.165, 1.54) is 5.56 Å². The Labute approximate surface area is 184 Å². The number of fused-ring (bicyclic) bond motifs is 1. The van der Waals surface area contributed by atoms with Crippen molar-refractivity contribution in [2.24, 2.45) is 4.99 Å². The van der Waals surface area contributed by atoms with Crippen LogP contribution in [0.3, 0.4) is 0 Å². The van der Waals surface area contributed by atoms with Crippen LogP contribution >= 0.6 is 0 Å². The zero-order valence-electron chi connectivity index (χ0n) is 18.4. The summed E-state index contributed by atoms with van der Waals surface area (Å²) in [6.45, 7) is 5.05. The molecule has 0 saturated carbocycles. The third-order valence-electron chi connectivity index (χ3n) is 6.35. The van der Waals surface area contributed by atoms with E-state index in [-0.39, 0.29) is 17.9 Å². The lowest BCUT2D eigenvalue weighted by Gasteiger charge is -2.37. The lowest BCUT2D eigenvalue weighted by Crippen LogP contribution is -2.55. The summed E-state index contributed by atoms with van der Waals surface area (Å²) in [6.07, 6.45) is 3.78. The molecule has 1 aromatic carbocycles. The molecule has 0 spiro atoms. The zero-order valence-corrected chi connectivity index (χ0v) is 18.4. The molecule has 3 heterocycles. The van der Waals surface area contributed by atoms with Gasteiger partial charge < -0.3 is 24.8 Å². The molecule has 1 N–H and O–H groups in total. The number of ether oxygens (including phenoxy) is 1. The number of amides is 2. The Bertz CT molecular complexity index is 813. The van der Waals surface area contributed by atoms with Gasteiger partial charge in [-0.05, 0) is 37.3 Å². The Hall–Kier alpha value is -2.61. The Morgan fingerprint density at radius 1 is 1.13 bits per heavy atom. The van der Waals surface area contributed by atoms with Gasteiger partial charge in [0.1, 0.15) is 6.10 Å². The second kappa shape index (κ2) is 10.1. The normalized spacial score (nSPS) is 21.4. The molecule has 1 aromatic rings. The van der Waals surface area contributed by atoms with Crippen molar-refractivity contribution in [1.29, 1.82) is 0 Å². The third kappa shape index (κ3) is 5.01. The second-order valence-corrected chi connectivity index (χ2v) is 8.32. The summed E-state index contributed by atoms with van der Waals surface area (Å²) in [7, 11) is 1.78. The number of piperazine rings is 1. The van der Waals surface area contributed by atoms with Crippen LogP contribution in [0.1, 0.15) is 31.2 Å². The van der Waals surface area contributed by atoms with Crippen LogP contribution in [0.4, 0.5) is 5.69 Å². The smallest absolute Gasteiger partial charge is 0.251 e. The zero-order chi connectivity index (χ0) is 21.6. The molecule has 1 atom stereocenters. The number of hydrogen-bond donors (Lipinski definition) is 1. The maximum absolute atomic E-state index is 12.6. The highest BCUT2D eigenvalue weighted by molar-refractivity contribution is 5.95. The fourth-order valence-electron chi connectivity index (χ4n) is 4.62. The van der Waals surface area contributed by atoms with Crippen molar-refractivity contribution in [2.45, 2.75) is 38.2 Å². The Balaban J connectivity index is 1.17. The number of para-hydroxylation sites is 1. The van der Waals surface area contributed by atoms with E-state index in [0.29, 0.717) is 32.7 Å². The van der Waals surface area contributed by atoms with Gasteiger partial charge in [0.2, 0.25) is 5.91 Å². The van der Waals surface area contributed by atoms with Crippen molar-refractivity contribution in [2.75, 3.05) is 57.8 Å². The monoisotopic (exact) mass is 427 g/mol. The van der Waals surface area contributed by atoms with Crippen LogP contribution in [0.15, 0.2) is 29.3 Å². The summed E-state index contributed by atoms with van der Waals surface area (Å²) in [4.78, 5) is 35.5. The molecule has 0 aromatic heterocycles. The second-order valence-electron chi connectivity index (χ2n) is 8.32. The van der Waals surface area contributed by atoms with Crippen molar-refractivity contribution in [3.8, 4) is 0 Å². The maximum atomic E-state index is 12.6. The molecular weight excluding hydrogens is 394 g/mol. The van der Waals surface area contributed by atoms with Crippen molar-refractivity contribution < 1.29 is 14.3 Å². The van der Waals surface area contributed by atoms with Gasteiger partial charge in [0.15, 0.2) is 5.96 Å². The number of anilines is 1. The topological polar surface area (TPSA) is 77.5 Å². The molecule has 8 heteroatoms. The fraction of sp³-hybridized carbons (Fsp3) is 0.609. The van der Waals surface area contributed by atoms with Gasteiger partial charge in [-0.1, -0.05) is 18.2 Å². The predicted octanol–water partition coefficient (Wildman–Crippen LogP) is 1.25. The van der Waals surface area contributed by atoms with Gasteiger partial charge in [0.05, 0.1) is 0 Å². The molecule has 2 fully saturated rings. The number of carbonyl (C=O) groups is 2. The van der Waals surface area contributed by atoms with Crippen LogP contribution in [0.25, 0.3) is 0 Å². The Kier molecular flexibility index (Phi) is 7.06. The van der Waals surface area contributed by atoms with Gasteiger partial charge in [-0.3, -0.25) is 14.6 Å². The number of benzene rings is 1. The van der Waals surface area contributed by atoms with Crippen LogP contribution in [0.5, 0.6) is 0 Å². The molecule has 8 nitrogen and oxygen atoms in total. The van der Waals surface area contributed by atoms with Crippen LogP contribution in [0.2, 0.25) is 0 Å². The van der Waals surface area contributed by atoms with Crippen molar-refractivity contribution in [3.05, 3.63) is 29.8 Å². The minimum atomic E-state index is -0.246. The van der Waals surface area contributed by atoms with Crippen LogP contribution in [0, 0.1) is 0 Å². The van der Waals surface area contributed by atoms with Gasteiger partial charge in [-0.15, -0.1) is 0 Å². The standard InChI is InChI=1S/C23H33N5O3/c1-24-23(27-15-13-26(14-16-27)22(30)20-8-5-17-31-20)25-11-4-9-21(29)28-12-10-18-6-2-3-7-19(18)28/h2-3,6-7,20H,4-5,8-17H2,1H3,(H,24,25). The number of aliphatic imine (C=N–C) groups is 1. The number of rotatable bonds is 5. The number of carbonyl (C=O) groups excluding carboxylic acids is 2. The van der Waals surface area contributed by atoms with Gasteiger partial charge in [-0.2, -0.15) is 0 Å². The van der Waals surface area contributed by atoms with E-state index in [1.807, 2.05) is 28.0 Å². The van der Waals surface area contributed by atoms with Gasteiger partial charge in [0, 0.05) is 65.0 Å². The molecule has 1 unspecified atom stereocenters. The van der Waals surface area contributed by atoms with Gasteiger partial charge in [0.25, 0.3) is 5.91 Å². The Morgan fingerprint density at radius 3 is 2.65 bits per heavy atom. The van der Waals surface area contributed by atoms with Crippen molar-refractivity contribution in [1.82, 2.24) is 15.1 Å². The number of nitrogens with one attached hydrogen (secondary N) is 1. The van der Waals surface area contributed by atoms with Crippen LogP contribution in [-0.2, 0) is 20.7 Å².